The van der Waals surface area contributed by atoms with Crippen molar-refractivity contribution in [1.82, 2.24) is 15.4 Å². The van der Waals surface area contributed by atoms with E-state index in [0.29, 0.717) is 12.3 Å². The normalized spacial score (nSPS) is 26.1. The molecule has 0 bridgehead atoms. The van der Waals surface area contributed by atoms with Crippen molar-refractivity contribution in [3.63, 3.8) is 0 Å². The molecule has 2 aliphatic rings. The second kappa shape index (κ2) is 6.36. The molecule has 0 saturated carbocycles. The highest BCUT2D eigenvalue weighted by Gasteiger charge is 2.37. The molecule has 2 N–H and O–H groups in total. The first-order chi connectivity index (χ1) is 10.2. The van der Waals surface area contributed by atoms with Gasteiger partial charge in [0, 0.05) is 12.1 Å². The summed E-state index contributed by atoms with van der Waals surface area (Å²) in [6, 6.07) is 1.38. The Hall–Kier alpha value is -1.08. The Morgan fingerprint density at radius 3 is 2.90 bits per heavy atom. The monoisotopic (exact) mass is 295 g/mol. The van der Waals surface area contributed by atoms with Crippen LogP contribution in [0.3, 0.4) is 0 Å². The van der Waals surface area contributed by atoms with Crippen LogP contribution >= 0.6 is 0 Å². The van der Waals surface area contributed by atoms with E-state index in [2.05, 4.69) is 10.3 Å². The van der Waals surface area contributed by atoms with Crippen LogP contribution in [0.15, 0.2) is 12.3 Å². The number of aromatic nitrogens is 1. The van der Waals surface area contributed by atoms with Crippen LogP contribution in [0.1, 0.15) is 36.6 Å². The van der Waals surface area contributed by atoms with Crippen LogP contribution in [0.5, 0.6) is 0 Å². The lowest BCUT2D eigenvalue weighted by molar-refractivity contribution is -0.241. The first-order valence-electron chi connectivity index (χ1n) is 7.59. The maximum absolute atomic E-state index is 13.7. The van der Waals surface area contributed by atoms with Crippen LogP contribution in [0.25, 0.3) is 0 Å². The van der Waals surface area contributed by atoms with Crippen LogP contribution in [0.2, 0.25) is 0 Å². The number of nitrogens with one attached hydrogen (secondary N) is 1. The van der Waals surface area contributed by atoms with Crippen molar-refractivity contribution in [1.29, 1.82) is 0 Å². The van der Waals surface area contributed by atoms with Gasteiger partial charge in [0.15, 0.2) is 0 Å². The number of rotatable bonds is 3. The average Bonchev–Trinajstić information content (AvgIpc) is 2.99. The lowest BCUT2D eigenvalue weighted by Crippen LogP contribution is -2.43. The van der Waals surface area contributed by atoms with Gasteiger partial charge in [-0.2, -0.15) is 5.06 Å². The molecule has 0 radical (unpaired) electrons. The first kappa shape index (κ1) is 14.8. The van der Waals surface area contributed by atoms with Crippen molar-refractivity contribution >= 4 is 0 Å². The summed E-state index contributed by atoms with van der Waals surface area (Å²) < 4.78 is 13.7. The number of aliphatic hydroxyl groups excluding tert-OH is 1. The molecule has 5 nitrogen and oxygen atoms in total. The predicted octanol–water partition coefficient (Wildman–Crippen LogP) is 1.53. The molecular formula is C15H22FN3O2. The van der Waals surface area contributed by atoms with E-state index < -0.39 is 6.23 Å². The van der Waals surface area contributed by atoms with E-state index in [1.165, 1.54) is 6.07 Å². The number of hydrogen-bond acceptors (Lipinski definition) is 5. The number of pyridine rings is 1. The molecule has 0 spiro atoms. The van der Waals surface area contributed by atoms with Gasteiger partial charge in [0.25, 0.3) is 0 Å². The molecule has 2 fully saturated rings. The van der Waals surface area contributed by atoms with E-state index in [-0.39, 0.29) is 17.8 Å². The molecule has 2 aliphatic heterocycles. The smallest absolute Gasteiger partial charge is 0.144 e. The minimum atomic E-state index is -0.649. The standard InChI is InChI=1S/C15H22FN3O2/c1-10-13(16)8-12(9-18-10)14-4-7-21-19(14)15(20)11-2-5-17-6-3-11/h8-9,11,14-15,17,20H,2-7H2,1H3/t14-,15?/m0/s1. The Bertz CT molecular complexity index is 494. The molecule has 1 aromatic rings. The molecule has 0 aromatic carbocycles. The van der Waals surface area contributed by atoms with Crippen molar-refractivity contribution in [2.45, 2.75) is 38.5 Å². The van der Waals surface area contributed by atoms with Gasteiger partial charge in [-0.25, -0.2) is 4.39 Å². The maximum atomic E-state index is 13.7. The highest BCUT2D eigenvalue weighted by atomic mass is 19.1. The zero-order valence-corrected chi connectivity index (χ0v) is 12.3. The van der Waals surface area contributed by atoms with Crippen LogP contribution in [-0.4, -0.2) is 41.1 Å². The quantitative estimate of drug-likeness (QED) is 0.885. The number of aryl methyl sites for hydroxylation is 1. The number of aliphatic hydroxyl groups is 1. The van der Waals surface area contributed by atoms with E-state index in [0.717, 1.165) is 37.9 Å². The average molecular weight is 295 g/mol. The van der Waals surface area contributed by atoms with Gasteiger partial charge >= 0.3 is 0 Å². The third-order valence-electron chi connectivity index (χ3n) is 4.44. The zero-order chi connectivity index (χ0) is 14.8. The minimum Gasteiger partial charge on any atom is -0.376 e. The first-order valence-corrected chi connectivity index (χ1v) is 7.59. The Labute approximate surface area is 124 Å². The fourth-order valence-corrected chi connectivity index (χ4v) is 3.11. The van der Waals surface area contributed by atoms with Gasteiger partial charge in [-0.1, -0.05) is 0 Å². The summed E-state index contributed by atoms with van der Waals surface area (Å²) in [6.45, 7) is 4.02. The second-order valence-electron chi connectivity index (χ2n) is 5.83. The topological polar surface area (TPSA) is 57.6 Å². The Morgan fingerprint density at radius 2 is 2.19 bits per heavy atom. The molecule has 21 heavy (non-hydrogen) atoms. The van der Waals surface area contributed by atoms with E-state index >= 15 is 0 Å². The van der Waals surface area contributed by atoms with Crippen LogP contribution in [0.4, 0.5) is 4.39 Å². The summed E-state index contributed by atoms with van der Waals surface area (Å²) in [5, 5.41) is 15.5. The molecule has 0 amide bonds. The van der Waals surface area contributed by atoms with E-state index in [4.69, 9.17) is 4.84 Å². The second-order valence-corrected chi connectivity index (χ2v) is 5.83. The van der Waals surface area contributed by atoms with Gasteiger partial charge in [0.1, 0.15) is 12.0 Å². The Morgan fingerprint density at radius 1 is 1.43 bits per heavy atom. The number of halogens is 1. The molecule has 3 rings (SSSR count). The fraction of sp³-hybridized carbons (Fsp3) is 0.667. The molecule has 2 saturated heterocycles. The fourth-order valence-electron chi connectivity index (χ4n) is 3.11. The van der Waals surface area contributed by atoms with Gasteiger partial charge < -0.3 is 10.4 Å². The molecule has 116 valence electrons. The minimum absolute atomic E-state index is 0.127. The summed E-state index contributed by atoms with van der Waals surface area (Å²) in [4.78, 5) is 9.70. The third-order valence-corrected chi connectivity index (χ3v) is 4.44. The molecule has 1 unspecified atom stereocenters. The van der Waals surface area contributed by atoms with Crippen molar-refractivity contribution in [3.05, 3.63) is 29.3 Å². The van der Waals surface area contributed by atoms with Gasteiger partial charge in [-0.3, -0.25) is 9.82 Å². The molecule has 0 aliphatic carbocycles. The molecule has 3 heterocycles. The number of nitrogens with zero attached hydrogens (tertiary/aromatic N) is 2. The molecule has 6 heteroatoms. The van der Waals surface area contributed by atoms with E-state index in [1.807, 2.05) is 0 Å². The summed E-state index contributed by atoms with van der Waals surface area (Å²) in [6.07, 6.45) is 3.62. The van der Waals surface area contributed by atoms with Crippen molar-refractivity contribution in [2.24, 2.45) is 5.92 Å². The molecule has 1 aromatic heterocycles. The summed E-state index contributed by atoms with van der Waals surface area (Å²) in [5.74, 6) is -0.120. The zero-order valence-electron chi connectivity index (χ0n) is 12.3. The number of piperidine rings is 1. The SMILES string of the molecule is Cc1ncc([C@@H]2CCON2C(O)C2CCNCC2)cc1F. The Balaban J connectivity index is 1.76. The van der Waals surface area contributed by atoms with Crippen LogP contribution < -0.4 is 5.32 Å². The van der Waals surface area contributed by atoms with Crippen LogP contribution in [0, 0.1) is 18.7 Å². The lowest BCUT2D eigenvalue weighted by Gasteiger charge is -2.35. The van der Waals surface area contributed by atoms with E-state index in [1.54, 1.807) is 18.2 Å². The number of hydroxylamine groups is 2. The summed E-state index contributed by atoms with van der Waals surface area (Å²) in [7, 11) is 0. The van der Waals surface area contributed by atoms with Gasteiger partial charge in [0.2, 0.25) is 0 Å². The molecule has 2 atom stereocenters. The van der Waals surface area contributed by atoms with Gasteiger partial charge in [-0.05, 0) is 50.9 Å². The Kier molecular flexibility index (Phi) is 4.49. The highest BCUT2D eigenvalue weighted by molar-refractivity contribution is 5.19. The van der Waals surface area contributed by atoms with Crippen molar-refractivity contribution < 1.29 is 14.3 Å². The third kappa shape index (κ3) is 3.08. The summed E-state index contributed by atoms with van der Waals surface area (Å²) in [5.41, 5.74) is 1.16. The van der Waals surface area contributed by atoms with Gasteiger partial charge in [-0.15, -0.1) is 0 Å². The maximum Gasteiger partial charge on any atom is 0.144 e. The summed E-state index contributed by atoms with van der Waals surface area (Å²) >= 11 is 0. The van der Waals surface area contributed by atoms with Crippen molar-refractivity contribution in [2.75, 3.05) is 19.7 Å². The predicted molar refractivity (Wildman–Crippen MR) is 75.7 cm³/mol. The highest BCUT2D eigenvalue weighted by Crippen LogP contribution is 2.35. The lowest BCUT2D eigenvalue weighted by atomic mass is 9.95. The van der Waals surface area contributed by atoms with Crippen LogP contribution in [-0.2, 0) is 4.84 Å². The van der Waals surface area contributed by atoms with E-state index in [9.17, 15) is 9.50 Å². The molecular weight excluding hydrogens is 273 g/mol. The van der Waals surface area contributed by atoms with Crippen molar-refractivity contribution in [3.8, 4) is 0 Å². The number of hydrogen-bond donors (Lipinski definition) is 2. The largest absolute Gasteiger partial charge is 0.376 e. The van der Waals surface area contributed by atoms with Gasteiger partial charge in [0.05, 0.1) is 18.3 Å².